The Morgan fingerprint density at radius 3 is 2.47 bits per heavy atom. The number of sulfonamides is 1. The maximum absolute atomic E-state index is 14.4. The lowest BCUT2D eigenvalue weighted by Crippen LogP contribution is -2.25. The van der Waals surface area contributed by atoms with Gasteiger partial charge in [-0.1, -0.05) is 17.7 Å². The second-order valence-electron chi connectivity index (χ2n) is 6.15. The molecule has 30 heavy (non-hydrogen) atoms. The number of rotatable bonds is 5. The number of hydrogen-bond acceptors (Lipinski definition) is 5. The van der Waals surface area contributed by atoms with Crippen LogP contribution in [0.2, 0.25) is 5.02 Å². The SMILES string of the molecule is N#Cc1cnn(-c2ccc(C(C(N)=O)c3c(F)ccc(F)c3Cl)cc2S(N)(=O)=O)c1. The molecule has 12 heteroatoms. The molecule has 1 unspecified atom stereocenters. The van der Waals surface area contributed by atoms with Gasteiger partial charge < -0.3 is 5.73 Å². The van der Waals surface area contributed by atoms with Gasteiger partial charge in [-0.3, -0.25) is 4.79 Å². The molecule has 0 spiro atoms. The Labute approximate surface area is 174 Å². The van der Waals surface area contributed by atoms with Gasteiger partial charge >= 0.3 is 0 Å². The van der Waals surface area contributed by atoms with Crippen LogP contribution in [-0.4, -0.2) is 24.1 Å². The molecule has 0 fully saturated rings. The number of aromatic nitrogens is 2. The zero-order valence-electron chi connectivity index (χ0n) is 14.9. The molecule has 2 aromatic carbocycles. The van der Waals surface area contributed by atoms with Crippen molar-refractivity contribution >= 4 is 27.5 Å². The maximum Gasteiger partial charge on any atom is 0.240 e. The van der Waals surface area contributed by atoms with Gasteiger partial charge in [0.2, 0.25) is 15.9 Å². The number of nitrogens with zero attached hydrogens (tertiary/aromatic N) is 3. The normalized spacial score (nSPS) is 12.4. The van der Waals surface area contributed by atoms with Crippen molar-refractivity contribution in [1.29, 1.82) is 5.26 Å². The highest BCUT2D eigenvalue weighted by Gasteiger charge is 2.30. The van der Waals surface area contributed by atoms with E-state index >= 15 is 0 Å². The van der Waals surface area contributed by atoms with Gasteiger partial charge in [-0.05, 0) is 29.8 Å². The third-order valence-corrected chi connectivity index (χ3v) is 5.56. The third-order valence-electron chi connectivity index (χ3n) is 4.23. The van der Waals surface area contributed by atoms with Gasteiger partial charge in [0.1, 0.15) is 22.6 Å². The number of benzene rings is 2. The van der Waals surface area contributed by atoms with E-state index < -0.39 is 49.0 Å². The van der Waals surface area contributed by atoms with E-state index in [0.717, 1.165) is 22.9 Å². The summed E-state index contributed by atoms with van der Waals surface area (Å²) in [5, 5.41) is 17.5. The molecule has 0 aliphatic carbocycles. The fourth-order valence-electron chi connectivity index (χ4n) is 2.92. The monoisotopic (exact) mass is 451 g/mol. The van der Waals surface area contributed by atoms with Crippen LogP contribution in [0.3, 0.4) is 0 Å². The molecular formula is C18H12ClF2N5O3S. The lowest BCUT2D eigenvalue weighted by molar-refractivity contribution is -0.118. The van der Waals surface area contributed by atoms with E-state index in [1.54, 1.807) is 0 Å². The Balaban J connectivity index is 2.27. The van der Waals surface area contributed by atoms with E-state index in [9.17, 15) is 22.0 Å². The molecule has 1 aromatic heterocycles. The highest BCUT2D eigenvalue weighted by atomic mass is 35.5. The first kappa shape index (κ1) is 21.4. The number of primary sulfonamides is 1. The molecule has 1 heterocycles. The first-order valence-electron chi connectivity index (χ1n) is 8.09. The average Bonchev–Trinajstić information content (AvgIpc) is 3.16. The minimum absolute atomic E-state index is 0.0308. The largest absolute Gasteiger partial charge is 0.369 e. The number of amides is 1. The van der Waals surface area contributed by atoms with E-state index in [4.69, 9.17) is 27.7 Å². The van der Waals surface area contributed by atoms with Crippen LogP contribution < -0.4 is 10.9 Å². The quantitative estimate of drug-likeness (QED) is 0.569. The lowest BCUT2D eigenvalue weighted by atomic mass is 9.90. The van der Waals surface area contributed by atoms with Crippen molar-refractivity contribution in [2.24, 2.45) is 10.9 Å². The number of hydrogen-bond donors (Lipinski definition) is 2. The number of halogens is 3. The molecule has 0 radical (unpaired) electrons. The fourth-order valence-corrected chi connectivity index (χ4v) is 3.94. The van der Waals surface area contributed by atoms with Crippen molar-refractivity contribution in [2.45, 2.75) is 10.8 Å². The molecule has 0 aliphatic heterocycles. The van der Waals surface area contributed by atoms with Crippen LogP contribution in [0, 0.1) is 23.0 Å². The van der Waals surface area contributed by atoms with Crippen LogP contribution in [0.25, 0.3) is 5.69 Å². The highest BCUT2D eigenvalue weighted by Crippen LogP contribution is 2.35. The Hall–Kier alpha value is -3.33. The van der Waals surface area contributed by atoms with Crippen LogP contribution in [0.15, 0.2) is 47.6 Å². The Kier molecular flexibility index (Phi) is 5.58. The zero-order chi connectivity index (χ0) is 22.2. The summed E-state index contributed by atoms with van der Waals surface area (Å²) in [6.07, 6.45) is 2.47. The van der Waals surface area contributed by atoms with Crippen molar-refractivity contribution in [3.63, 3.8) is 0 Å². The molecule has 3 rings (SSSR count). The number of carbonyl (C=O) groups excluding carboxylic acids is 1. The average molecular weight is 452 g/mol. The predicted octanol–water partition coefficient (Wildman–Crippen LogP) is 1.94. The van der Waals surface area contributed by atoms with E-state index in [1.165, 1.54) is 24.5 Å². The molecule has 1 atom stereocenters. The zero-order valence-corrected chi connectivity index (χ0v) is 16.5. The van der Waals surface area contributed by atoms with Crippen LogP contribution in [0.1, 0.15) is 22.6 Å². The van der Waals surface area contributed by atoms with E-state index in [2.05, 4.69) is 5.10 Å². The summed E-state index contributed by atoms with van der Waals surface area (Å²) in [5.74, 6) is -4.68. The molecule has 0 aliphatic rings. The summed E-state index contributed by atoms with van der Waals surface area (Å²) >= 11 is 5.85. The predicted molar refractivity (Wildman–Crippen MR) is 102 cm³/mol. The minimum Gasteiger partial charge on any atom is -0.369 e. The smallest absolute Gasteiger partial charge is 0.240 e. The molecule has 0 bridgehead atoms. The summed E-state index contributed by atoms with van der Waals surface area (Å²) in [6, 6.07) is 6.90. The Bertz CT molecular complexity index is 1320. The molecule has 1 amide bonds. The van der Waals surface area contributed by atoms with Crippen LogP contribution >= 0.6 is 11.6 Å². The molecular weight excluding hydrogens is 440 g/mol. The molecule has 154 valence electrons. The van der Waals surface area contributed by atoms with Gasteiger partial charge in [0, 0.05) is 11.8 Å². The third kappa shape index (κ3) is 3.88. The highest BCUT2D eigenvalue weighted by molar-refractivity contribution is 7.89. The second-order valence-corrected chi connectivity index (χ2v) is 8.06. The summed E-state index contributed by atoms with van der Waals surface area (Å²) < 4.78 is 53.7. The van der Waals surface area contributed by atoms with Gasteiger partial charge in [0.15, 0.2) is 0 Å². The number of primary amides is 1. The number of nitriles is 1. The standard InChI is InChI=1S/C18H12ClF2N5O3S/c19-17-12(21)3-2-11(20)16(17)15(18(23)27)10-1-4-13(14(5-10)30(24,28)29)26-8-9(6-22)7-25-26/h1-5,7-8,15H,(H2,23,27)(H2,24,28,29). The van der Waals surface area contributed by atoms with Crippen molar-refractivity contribution in [1.82, 2.24) is 9.78 Å². The van der Waals surface area contributed by atoms with E-state index in [1.807, 2.05) is 6.07 Å². The van der Waals surface area contributed by atoms with E-state index in [0.29, 0.717) is 0 Å². The summed E-state index contributed by atoms with van der Waals surface area (Å²) in [6.45, 7) is 0. The van der Waals surface area contributed by atoms with Crippen molar-refractivity contribution in [2.75, 3.05) is 0 Å². The van der Waals surface area contributed by atoms with Crippen molar-refractivity contribution in [3.8, 4) is 11.8 Å². The van der Waals surface area contributed by atoms with E-state index in [-0.39, 0.29) is 16.8 Å². The van der Waals surface area contributed by atoms with Gasteiger partial charge in [-0.25, -0.2) is 27.0 Å². The first-order chi connectivity index (χ1) is 14.0. The first-order valence-corrected chi connectivity index (χ1v) is 10.0. The second kappa shape index (κ2) is 7.83. The molecule has 3 aromatic rings. The van der Waals surface area contributed by atoms with Crippen molar-refractivity contribution in [3.05, 3.63) is 76.1 Å². The van der Waals surface area contributed by atoms with Gasteiger partial charge in [0.05, 0.1) is 28.4 Å². The van der Waals surface area contributed by atoms with Gasteiger partial charge in [-0.2, -0.15) is 10.4 Å². The number of nitrogens with two attached hydrogens (primary N) is 2. The van der Waals surface area contributed by atoms with Gasteiger partial charge in [-0.15, -0.1) is 0 Å². The van der Waals surface area contributed by atoms with Gasteiger partial charge in [0.25, 0.3) is 0 Å². The summed E-state index contributed by atoms with van der Waals surface area (Å²) in [7, 11) is -4.37. The summed E-state index contributed by atoms with van der Waals surface area (Å²) in [4.78, 5) is 11.6. The Morgan fingerprint density at radius 1 is 1.23 bits per heavy atom. The summed E-state index contributed by atoms with van der Waals surface area (Å²) in [5.41, 5.74) is 4.89. The fraction of sp³-hybridized carbons (Fsp3) is 0.0556. The van der Waals surface area contributed by atoms with Crippen LogP contribution in [0.4, 0.5) is 8.78 Å². The Morgan fingerprint density at radius 2 is 1.90 bits per heavy atom. The molecule has 0 saturated heterocycles. The molecule has 0 saturated carbocycles. The van der Waals surface area contributed by atoms with Crippen molar-refractivity contribution < 1.29 is 22.0 Å². The maximum atomic E-state index is 14.4. The van der Waals surface area contributed by atoms with Crippen LogP contribution in [0.5, 0.6) is 0 Å². The lowest BCUT2D eigenvalue weighted by Gasteiger charge is -2.19. The topological polar surface area (TPSA) is 145 Å². The molecule has 8 nitrogen and oxygen atoms in total. The number of carbonyl (C=O) groups is 1. The van der Waals surface area contributed by atoms with Crippen LogP contribution in [-0.2, 0) is 14.8 Å². The minimum atomic E-state index is -4.37. The molecule has 4 N–H and O–H groups in total.